The molecule has 6 rings (SSSR count). The van der Waals surface area contributed by atoms with Gasteiger partial charge in [0.1, 0.15) is 0 Å². The number of rotatable bonds is 8. The van der Waals surface area contributed by atoms with E-state index in [0.29, 0.717) is 29.9 Å². The van der Waals surface area contributed by atoms with Crippen molar-refractivity contribution in [3.63, 3.8) is 0 Å². The van der Waals surface area contributed by atoms with Crippen LogP contribution in [0, 0.1) is 17.3 Å². The molecule has 0 amide bonds. The van der Waals surface area contributed by atoms with Gasteiger partial charge in [0.25, 0.3) is 0 Å². The fraction of sp³-hybridized carbons (Fsp3) is 0.571. The van der Waals surface area contributed by atoms with Gasteiger partial charge < -0.3 is 19.9 Å². The maximum atomic E-state index is 13.5. The van der Waals surface area contributed by atoms with Crippen LogP contribution in [0.5, 0.6) is 0 Å². The average molecular weight is 596 g/mol. The van der Waals surface area contributed by atoms with Gasteiger partial charge in [0, 0.05) is 35.7 Å². The van der Waals surface area contributed by atoms with Crippen molar-refractivity contribution in [2.24, 2.45) is 17.3 Å². The lowest BCUT2D eigenvalue weighted by Crippen LogP contribution is -2.48. The van der Waals surface area contributed by atoms with Crippen molar-refractivity contribution in [2.75, 3.05) is 26.2 Å². The molecular formula is C35H44F3N3O2. The largest absolute Gasteiger partial charge is 0.466 e. The minimum atomic E-state index is -4.35. The van der Waals surface area contributed by atoms with Crippen LogP contribution in [0.25, 0.3) is 10.9 Å². The molecule has 5 nitrogen and oxygen atoms in total. The number of carbonyl (C=O) groups excluding carboxylic acids is 1. The third kappa shape index (κ3) is 6.23. The summed E-state index contributed by atoms with van der Waals surface area (Å²) in [6, 6.07) is 14.9. The molecule has 2 heterocycles. The number of benzene rings is 2. The Hall–Kier alpha value is -2.84. The highest BCUT2D eigenvalue weighted by Gasteiger charge is 2.45. The predicted molar refractivity (Wildman–Crippen MR) is 163 cm³/mol. The second kappa shape index (κ2) is 12.3. The molecule has 2 aliphatic carbocycles. The number of hydrogen-bond donors (Lipinski definition) is 2. The summed E-state index contributed by atoms with van der Waals surface area (Å²) in [6.07, 6.45) is 1.95. The van der Waals surface area contributed by atoms with E-state index < -0.39 is 17.2 Å². The van der Waals surface area contributed by atoms with Crippen molar-refractivity contribution in [2.45, 2.75) is 83.5 Å². The second-order valence-electron chi connectivity index (χ2n) is 13.2. The standard InChI is InChI=1S/C35H44F3N3O2/c1-3-43-33(42)34(14-11-27(12-15-34)39-21-24-7-5-4-6-8-24)16-18-41-17-13-25-19-31-32(23(2)29(25)22-41)28-20-26(35(36,37)38)9-10-30(28)40-31/h4-10,20,23,25,27,29,39-40H,3,11-19,21-22H2,1-2H3/t23-,25-,27?,29-,34?/m1/s1. The quantitative estimate of drug-likeness (QED) is 0.266. The highest BCUT2D eigenvalue weighted by molar-refractivity contribution is 5.86. The van der Waals surface area contributed by atoms with Crippen molar-refractivity contribution in [3.05, 3.63) is 70.9 Å². The molecule has 0 unspecified atom stereocenters. The zero-order valence-corrected chi connectivity index (χ0v) is 25.3. The smallest absolute Gasteiger partial charge is 0.416 e. The van der Waals surface area contributed by atoms with Crippen LogP contribution >= 0.6 is 0 Å². The van der Waals surface area contributed by atoms with Gasteiger partial charge in [-0.25, -0.2) is 0 Å². The molecule has 0 bridgehead atoms. The second-order valence-corrected chi connectivity index (χ2v) is 13.2. The first-order chi connectivity index (χ1) is 20.7. The molecule has 1 saturated heterocycles. The summed E-state index contributed by atoms with van der Waals surface area (Å²) in [5.74, 6) is 1.01. The van der Waals surface area contributed by atoms with E-state index >= 15 is 0 Å². The Labute approximate surface area is 252 Å². The number of H-pyrrole nitrogens is 1. The number of piperidine rings is 1. The Bertz CT molecular complexity index is 1410. The van der Waals surface area contributed by atoms with Crippen LogP contribution in [-0.4, -0.2) is 48.1 Å². The monoisotopic (exact) mass is 595 g/mol. The van der Waals surface area contributed by atoms with Crippen LogP contribution in [-0.2, 0) is 28.7 Å². The SMILES string of the molecule is CCOC(=O)C1(CCN2CC[C@@H]3Cc4[nH]c5ccc(C(F)(F)F)cc5c4[C@H](C)[C@H]3C2)CCC(NCc2ccccc2)CC1. The van der Waals surface area contributed by atoms with E-state index in [1.54, 1.807) is 6.07 Å². The summed E-state index contributed by atoms with van der Waals surface area (Å²) in [6.45, 7) is 8.04. The van der Waals surface area contributed by atoms with E-state index in [-0.39, 0.29) is 11.9 Å². The lowest BCUT2D eigenvalue weighted by atomic mass is 9.67. The number of esters is 1. The minimum Gasteiger partial charge on any atom is -0.466 e. The van der Waals surface area contributed by atoms with Gasteiger partial charge in [-0.05, 0) is 112 Å². The van der Waals surface area contributed by atoms with E-state index in [9.17, 15) is 18.0 Å². The third-order valence-corrected chi connectivity index (χ3v) is 10.7. The van der Waals surface area contributed by atoms with Gasteiger partial charge in [-0.3, -0.25) is 4.79 Å². The first-order valence-electron chi connectivity index (χ1n) is 16.1. The molecule has 43 heavy (non-hydrogen) atoms. The van der Waals surface area contributed by atoms with Crippen molar-refractivity contribution < 1.29 is 22.7 Å². The van der Waals surface area contributed by atoms with E-state index in [0.717, 1.165) is 87.9 Å². The van der Waals surface area contributed by atoms with Crippen LogP contribution in [0.2, 0.25) is 0 Å². The molecule has 2 fully saturated rings. The number of likely N-dealkylation sites (tertiary alicyclic amines) is 1. The molecule has 3 aromatic rings. The van der Waals surface area contributed by atoms with Crippen molar-refractivity contribution in [1.29, 1.82) is 0 Å². The average Bonchev–Trinajstić information content (AvgIpc) is 3.38. The Kier molecular flexibility index (Phi) is 8.62. The maximum Gasteiger partial charge on any atom is 0.416 e. The molecular weight excluding hydrogens is 551 g/mol. The molecule has 232 valence electrons. The fourth-order valence-corrected chi connectivity index (χ4v) is 8.17. The molecule has 3 aliphatic rings. The van der Waals surface area contributed by atoms with Crippen LogP contribution < -0.4 is 5.32 Å². The number of nitrogens with zero attached hydrogens (tertiary/aromatic N) is 1. The Balaban J connectivity index is 1.11. The molecule has 2 aromatic carbocycles. The Morgan fingerprint density at radius 3 is 2.60 bits per heavy atom. The topological polar surface area (TPSA) is 57.4 Å². The number of fused-ring (bicyclic) bond motifs is 4. The lowest BCUT2D eigenvalue weighted by Gasteiger charge is -2.46. The molecule has 0 radical (unpaired) electrons. The number of halogens is 3. The van der Waals surface area contributed by atoms with Crippen molar-refractivity contribution in [1.82, 2.24) is 15.2 Å². The highest BCUT2D eigenvalue weighted by Crippen LogP contribution is 2.47. The first-order valence-corrected chi connectivity index (χ1v) is 16.1. The van der Waals surface area contributed by atoms with Gasteiger partial charge in [-0.15, -0.1) is 0 Å². The zero-order valence-electron chi connectivity index (χ0n) is 25.3. The summed E-state index contributed by atoms with van der Waals surface area (Å²) < 4.78 is 46.2. The van der Waals surface area contributed by atoms with Gasteiger partial charge >= 0.3 is 12.1 Å². The molecule has 1 aliphatic heterocycles. The molecule has 1 saturated carbocycles. The van der Waals surface area contributed by atoms with Gasteiger partial charge in [0.05, 0.1) is 17.6 Å². The third-order valence-electron chi connectivity index (χ3n) is 10.7. The van der Waals surface area contributed by atoms with Gasteiger partial charge in [0.2, 0.25) is 0 Å². The van der Waals surface area contributed by atoms with Gasteiger partial charge in [-0.1, -0.05) is 37.3 Å². The van der Waals surface area contributed by atoms with E-state index in [4.69, 9.17) is 4.74 Å². The van der Waals surface area contributed by atoms with Crippen LogP contribution in [0.15, 0.2) is 48.5 Å². The van der Waals surface area contributed by atoms with Gasteiger partial charge in [-0.2, -0.15) is 13.2 Å². The van der Waals surface area contributed by atoms with Crippen molar-refractivity contribution >= 4 is 16.9 Å². The maximum absolute atomic E-state index is 13.5. The summed E-state index contributed by atoms with van der Waals surface area (Å²) in [7, 11) is 0. The van der Waals surface area contributed by atoms with Crippen LogP contribution in [0.1, 0.15) is 80.7 Å². The van der Waals surface area contributed by atoms with Gasteiger partial charge in [0.15, 0.2) is 0 Å². The number of carbonyl (C=O) groups is 1. The zero-order chi connectivity index (χ0) is 30.2. The predicted octanol–water partition coefficient (Wildman–Crippen LogP) is 7.46. The minimum absolute atomic E-state index is 0.0543. The Morgan fingerprint density at radius 2 is 1.88 bits per heavy atom. The summed E-state index contributed by atoms with van der Waals surface area (Å²) >= 11 is 0. The molecule has 8 heteroatoms. The lowest BCUT2D eigenvalue weighted by molar-refractivity contribution is -0.159. The number of hydrogen-bond acceptors (Lipinski definition) is 4. The van der Waals surface area contributed by atoms with Crippen molar-refractivity contribution in [3.8, 4) is 0 Å². The number of aromatic nitrogens is 1. The number of aromatic amines is 1. The molecule has 1 aromatic heterocycles. The fourth-order valence-electron chi connectivity index (χ4n) is 8.17. The van der Waals surface area contributed by atoms with Crippen LogP contribution in [0.3, 0.4) is 0 Å². The summed E-state index contributed by atoms with van der Waals surface area (Å²) in [5.41, 5.74) is 3.20. The number of alkyl halides is 3. The van der Waals surface area contributed by atoms with Crippen LogP contribution in [0.4, 0.5) is 13.2 Å². The summed E-state index contributed by atoms with van der Waals surface area (Å²) in [5, 5.41) is 4.41. The Morgan fingerprint density at radius 1 is 1.12 bits per heavy atom. The number of nitrogens with one attached hydrogen (secondary N) is 2. The molecule has 2 N–H and O–H groups in total. The van der Waals surface area contributed by atoms with E-state index in [2.05, 4.69) is 46.4 Å². The first kappa shape index (κ1) is 30.2. The number of ether oxygens (including phenoxy) is 1. The highest BCUT2D eigenvalue weighted by atomic mass is 19.4. The molecule has 0 spiro atoms. The summed E-state index contributed by atoms with van der Waals surface area (Å²) in [4.78, 5) is 19.3. The van der Waals surface area contributed by atoms with E-state index in [1.807, 2.05) is 13.0 Å². The molecule has 3 atom stereocenters. The van der Waals surface area contributed by atoms with E-state index in [1.165, 1.54) is 17.7 Å². The normalized spacial score (nSPS) is 27.9.